The lowest BCUT2D eigenvalue weighted by Crippen LogP contribution is -2.45. The van der Waals surface area contributed by atoms with E-state index in [0.29, 0.717) is 5.84 Å². The summed E-state index contributed by atoms with van der Waals surface area (Å²) in [4.78, 5) is 8.57. The number of anilines is 1. The van der Waals surface area contributed by atoms with Gasteiger partial charge in [0.1, 0.15) is 11.4 Å². The van der Waals surface area contributed by atoms with Gasteiger partial charge in [-0.15, -0.1) is 0 Å². The molecule has 6 heteroatoms. The van der Waals surface area contributed by atoms with Crippen molar-refractivity contribution in [2.45, 2.75) is 37.5 Å². The van der Waals surface area contributed by atoms with Crippen LogP contribution in [0.2, 0.25) is 0 Å². The Kier molecular flexibility index (Phi) is 6.37. The van der Waals surface area contributed by atoms with Crippen LogP contribution in [0.15, 0.2) is 70.6 Å². The van der Waals surface area contributed by atoms with E-state index >= 15 is 0 Å². The van der Waals surface area contributed by atoms with Gasteiger partial charge in [-0.1, -0.05) is 42.1 Å². The number of amidine groups is 1. The Labute approximate surface area is 188 Å². The van der Waals surface area contributed by atoms with Crippen molar-refractivity contribution in [3.63, 3.8) is 0 Å². The van der Waals surface area contributed by atoms with Crippen LogP contribution >= 0.6 is 11.8 Å². The highest BCUT2D eigenvalue weighted by molar-refractivity contribution is 8.03. The minimum atomic E-state index is 0.499. The van der Waals surface area contributed by atoms with Crippen molar-refractivity contribution in [1.82, 2.24) is 4.98 Å². The summed E-state index contributed by atoms with van der Waals surface area (Å²) < 4.78 is 2.25. The molecule has 4 N–H and O–H groups in total. The van der Waals surface area contributed by atoms with E-state index < -0.39 is 0 Å². The number of hydrogen-bond acceptors (Lipinski definition) is 3. The van der Waals surface area contributed by atoms with Crippen LogP contribution in [0.1, 0.15) is 36.5 Å². The van der Waals surface area contributed by atoms with E-state index in [0.717, 1.165) is 48.6 Å². The fourth-order valence-corrected chi connectivity index (χ4v) is 4.97. The van der Waals surface area contributed by atoms with E-state index in [4.69, 9.17) is 16.1 Å². The van der Waals surface area contributed by atoms with E-state index in [1.165, 1.54) is 15.6 Å². The van der Waals surface area contributed by atoms with Crippen LogP contribution in [0, 0.1) is 6.92 Å². The van der Waals surface area contributed by atoms with Crippen molar-refractivity contribution in [2.75, 3.05) is 11.9 Å². The number of aromatic nitrogens is 2. The number of thioether (sulfide) groups is 1. The Morgan fingerprint density at radius 2 is 1.87 bits per heavy atom. The van der Waals surface area contributed by atoms with E-state index in [9.17, 15) is 0 Å². The van der Waals surface area contributed by atoms with E-state index in [1.807, 2.05) is 6.07 Å². The molecule has 0 aliphatic carbocycles. The molecule has 0 spiro atoms. The maximum atomic E-state index is 5.64. The first-order valence-corrected chi connectivity index (χ1v) is 11.4. The van der Waals surface area contributed by atoms with E-state index in [2.05, 4.69) is 84.1 Å². The summed E-state index contributed by atoms with van der Waals surface area (Å²) >= 11 is 1.79. The van der Waals surface area contributed by atoms with Gasteiger partial charge in [-0.25, -0.2) is 0 Å². The van der Waals surface area contributed by atoms with E-state index in [1.54, 1.807) is 11.8 Å². The maximum Gasteiger partial charge on any atom is 0.304 e. The minimum absolute atomic E-state index is 0.499. The van der Waals surface area contributed by atoms with Crippen molar-refractivity contribution in [3.05, 3.63) is 82.9 Å². The number of hydrogen-bond donors (Lipinski definition) is 2. The molecule has 0 fully saturated rings. The molecule has 0 amide bonds. The SMILES string of the molecule is Cc1cc(C=C2Sc3ccccc3N2C)nc(CCCCC(N)=[NH2+])[n+]1-c1ccccc1. The zero-order valence-corrected chi connectivity index (χ0v) is 18.9. The fraction of sp³-hybridized carbons (Fsp3) is 0.240. The van der Waals surface area contributed by atoms with Gasteiger partial charge >= 0.3 is 5.82 Å². The molecule has 3 aromatic rings. The van der Waals surface area contributed by atoms with Crippen LogP contribution in [0.4, 0.5) is 5.69 Å². The number of nitrogens with zero attached hydrogens (tertiary/aromatic N) is 3. The zero-order chi connectivity index (χ0) is 21.8. The molecule has 2 aromatic carbocycles. The summed E-state index contributed by atoms with van der Waals surface area (Å²) in [5.74, 6) is 1.55. The van der Waals surface area contributed by atoms with Crippen molar-refractivity contribution in [2.24, 2.45) is 5.73 Å². The lowest BCUT2D eigenvalue weighted by molar-refractivity contribution is -0.615. The second-order valence-electron chi connectivity index (χ2n) is 7.80. The summed E-state index contributed by atoms with van der Waals surface area (Å²) in [5, 5.41) is 6.82. The molecule has 31 heavy (non-hydrogen) atoms. The van der Waals surface area contributed by atoms with Crippen LogP contribution in [0.25, 0.3) is 11.8 Å². The highest BCUT2D eigenvalue weighted by Gasteiger charge is 2.24. The molecule has 4 rings (SSSR count). The number of unbranched alkanes of at least 4 members (excludes halogenated alkanes) is 1. The fourth-order valence-electron chi connectivity index (χ4n) is 3.87. The third-order valence-corrected chi connectivity index (χ3v) is 6.57. The van der Waals surface area contributed by atoms with Crippen molar-refractivity contribution in [1.29, 1.82) is 0 Å². The first-order valence-electron chi connectivity index (χ1n) is 10.6. The Hall–Kier alpha value is -3.12. The van der Waals surface area contributed by atoms with Crippen LogP contribution in [-0.2, 0) is 6.42 Å². The highest BCUT2D eigenvalue weighted by Crippen LogP contribution is 2.45. The van der Waals surface area contributed by atoms with Gasteiger partial charge in [0.05, 0.1) is 17.1 Å². The quantitative estimate of drug-likeness (QED) is 0.261. The number of nitrogens with two attached hydrogens (primary N) is 2. The molecule has 1 aromatic heterocycles. The molecule has 5 nitrogen and oxygen atoms in total. The second kappa shape index (κ2) is 9.35. The molecule has 0 unspecified atom stereocenters. The monoisotopic (exact) mass is 431 g/mol. The lowest BCUT2D eigenvalue weighted by Gasteiger charge is -2.13. The van der Waals surface area contributed by atoms with Gasteiger partial charge in [-0.05, 0) is 49.0 Å². The van der Waals surface area contributed by atoms with Crippen LogP contribution < -0.4 is 20.6 Å². The summed E-state index contributed by atoms with van der Waals surface area (Å²) in [6.07, 6.45) is 5.73. The van der Waals surface area contributed by atoms with E-state index in [-0.39, 0.29) is 0 Å². The van der Waals surface area contributed by atoms with Gasteiger partial charge in [0, 0.05) is 30.5 Å². The molecular weight excluding hydrogens is 402 g/mol. The Balaban J connectivity index is 1.67. The van der Waals surface area contributed by atoms with Gasteiger partial charge in [0.15, 0.2) is 5.69 Å². The highest BCUT2D eigenvalue weighted by atomic mass is 32.2. The summed E-state index contributed by atoms with van der Waals surface area (Å²) in [6, 6.07) is 21.1. The van der Waals surface area contributed by atoms with Crippen molar-refractivity contribution in [3.8, 4) is 5.69 Å². The van der Waals surface area contributed by atoms with Gasteiger partial charge in [-0.2, -0.15) is 4.57 Å². The zero-order valence-electron chi connectivity index (χ0n) is 18.1. The largest absolute Gasteiger partial charge is 0.338 e. The number of fused-ring (bicyclic) bond motifs is 1. The molecule has 1 aliphatic heterocycles. The topological polar surface area (TPSA) is 71.6 Å². The van der Waals surface area contributed by atoms with Crippen LogP contribution in [-0.4, -0.2) is 17.9 Å². The molecular formula is C25H29N5S+2. The molecule has 1 aliphatic rings. The maximum absolute atomic E-state index is 5.64. The Morgan fingerprint density at radius 1 is 1.13 bits per heavy atom. The number of rotatable bonds is 7. The number of para-hydroxylation sites is 2. The summed E-state index contributed by atoms with van der Waals surface area (Å²) in [5.41, 5.74) is 10.2. The normalized spacial score (nSPS) is 14.1. The molecule has 0 radical (unpaired) electrons. The first-order chi connectivity index (χ1) is 15.0. The van der Waals surface area contributed by atoms with Gasteiger partial charge in [0.2, 0.25) is 5.84 Å². The lowest BCUT2D eigenvalue weighted by atomic mass is 10.1. The molecule has 0 atom stereocenters. The minimum Gasteiger partial charge on any atom is -0.338 e. The van der Waals surface area contributed by atoms with Gasteiger partial charge in [0.25, 0.3) is 0 Å². The summed E-state index contributed by atoms with van der Waals surface area (Å²) in [6.45, 7) is 2.14. The van der Waals surface area contributed by atoms with Crippen LogP contribution in [0.5, 0.6) is 0 Å². The Morgan fingerprint density at radius 3 is 2.61 bits per heavy atom. The van der Waals surface area contributed by atoms with Crippen LogP contribution in [0.3, 0.4) is 0 Å². The second-order valence-corrected chi connectivity index (χ2v) is 8.87. The molecule has 0 saturated carbocycles. The first kappa shape index (κ1) is 21.1. The third kappa shape index (κ3) is 4.80. The third-order valence-electron chi connectivity index (χ3n) is 5.40. The van der Waals surface area contributed by atoms with Crippen molar-refractivity contribution >= 4 is 29.4 Å². The molecule has 2 heterocycles. The molecule has 0 bridgehead atoms. The average molecular weight is 432 g/mol. The standard InChI is InChI=1S/C25H28N5S/c1-18-16-19(17-25-29(2)21-12-6-7-13-22(21)31-25)28-24(15-9-8-14-23(26)27)30(18)20-10-4-3-5-11-20/h3-7,10-13,16-17H,8-9,14-15H2,1-2H3,(H3,26,27)/q+1/p+1. The Bertz CT molecular complexity index is 1120. The number of aryl methyl sites for hydroxylation is 2. The van der Waals surface area contributed by atoms with Crippen molar-refractivity contribution < 1.29 is 9.98 Å². The van der Waals surface area contributed by atoms with Gasteiger partial charge < -0.3 is 4.90 Å². The average Bonchev–Trinajstić information content (AvgIpc) is 3.07. The summed E-state index contributed by atoms with van der Waals surface area (Å²) in [7, 11) is 2.11. The predicted octanol–water partition coefficient (Wildman–Crippen LogP) is 3.04. The predicted molar refractivity (Wildman–Crippen MR) is 128 cm³/mol. The van der Waals surface area contributed by atoms with Gasteiger partial charge in [-0.3, -0.25) is 11.1 Å². The molecule has 0 saturated heterocycles. The molecule has 158 valence electrons. The number of benzene rings is 2. The smallest absolute Gasteiger partial charge is 0.304 e.